The van der Waals surface area contributed by atoms with Crippen molar-refractivity contribution in [3.63, 3.8) is 0 Å². The zero-order chi connectivity index (χ0) is 20.8. The van der Waals surface area contributed by atoms with E-state index in [9.17, 15) is 9.46 Å². The lowest BCUT2D eigenvalue weighted by molar-refractivity contribution is -0.700. The quantitative estimate of drug-likeness (QED) is 0.130. The monoisotopic (exact) mass is 415 g/mol. The normalized spacial score (nSPS) is 15.2. The lowest BCUT2D eigenvalue weighted by Gasteiger charge is -2.22. The molecule has 1 unspecified atom stereocenters. The van der Waals surface area contributed by atoms with Gasteiger partial charge in [0.2, 0.25) is 0 Å². The lowest BCUT2D eigenvalue weighted by Crippen LogP contribution is -2.16. The topological polar surface area (TPSA) is 114 Å². The van der Waals surface area contributed by atoms with Crippen molar-refractivity contribution in [2.75, 3.05) is 33.0 Å². The summed E-state index contributed by atoms with van der Waals surface area (Å²) in [5.74, 6) is 0. The van der Waals surface area contributed by atoms with Gasteiger partial charge in [-0.15, -0.1) is 0 Å². The third-order valence-corrected chi connectivity index (χ3v) is 3.40. The summed E-state index contributed by atoms with van der Waals surface area (Å²) in [6, 6.07) is 0. The van der Waals surface area contributed by atoms with E-state index in [1.165, 1.54) is 6.26 Å². The molecule has 1 atom stereocenters. The minimum atomic E-state index is -4.41. The predicted octanol–water partition coefficient (Wildman–Crippen LogP) is 3.24. The Morgan fingerprint density at radius 1 is 0.889 bits per heavy atom. The molecule has 0 saturated heterocycles. The van der Waals surface area contributed by atoms with Gasteiger partial charge in [-0.25, -0.2) is 4.89 Å². The summed E-state index contributed by atoms with van der Waals surface area (Å²) in [6.07, 6.45) is 3.43. The molecule has 0 fully saturated rings. The molecule has 0 aliphatic carbocycles. The van der Waals surface area contributed by atoms with Crippen LogP contribution in [-0.4, -0.2) is 33.0 Å². The Morgan fingerprint density at radius 3 is 2.19 bits per heavy atom. The molecule has 11 heteroatoms. The molecule has 10 nitrogen and oxygen atoms in total. The van der Waals surface area contributed by atoms with Gasteiger partial charge in [0, 0.05) is 16.7 Å². The van der Waals surface area contributed by atoms with E-state index in [1.807, 2.05) is 41.5 Å². The highest BCUT2D eigenvalue weighted by atomic mass is 31.2. The Kier molecular flexibility index (Phi) is 13.3. The number of phosphoric acid groups is 1. The first-order valence-electron chi connectivity index (χ1n) is 8.55. The lowest BCUT2D eigenvalue weighted by atomic mass is 9.97. The number of allylic oxidation sites excluding steroid dienone is 1. The fourth-order valence-electron chi connectivity index (χ4n) is 1.27. The second-order valence-electron chi connectivity index (χ2n) is 7.87. The summed E-state index contributed by atoms with van der Waals surface area (Å²) in [4.78, 5) is 20.4. The van der Waals surface area contributed by atoms with Crippen molar-refractivity contribution in [1.82, 2.24) is 0 Å². The molecule has 0 spiro atoms. The molecule has 0 aliphatic rings. The molecule has 0 aliphatic heterocycles. The molecule has 0 N–H and O–H groups in total. The highest BCUT2D eigenvalue weighted by Crippen LogP contribution is 2.37. The molecule has 0 aromatic heterocycles. The van der Waals surface area contributed by atoms with Gasteiger partial charge >= 0.3 is 0 Å². The maximum atomic E-state index is 11.5. The van der Waals surface area contributed by atoms with E-state index >= 15 is 0 Å². The average molecular weight is 415 g/mol. The van der Waals surface area contributed by atoms with Crippen molar-refractivity contribution in [3.05, 3.63) is 12.3 Å². The minimum Gasteiger partial charge on any atom is -0.756 e. The van der Waals surface area contributed by atoms with Crippen molar-refractivity contribution in [1.29, 1.82) is 0 Å². The van der Waals surface area contributed by atoms with Crippen LogP contribution in [0.25, 0.3) is 0 Å². The van der Waals surface area contributed by atoms with Crippen molar-refractivity contribution in [3.8, 4) is 0 Å². The molecule has 0 saturated carbocycles. The van der Waals surface area contributed by atoms with E-state index in [4.69, 9.17) is 4.74 Å². The Balaban J connectivity index is 3.52. The van der Waals surface area contributed by atoms with E-state index in [1.54, 1.807) is 6.08 Å². The molecule has 0 heterocycles. The number of hydrogen-bond acceptors (Lipinski definition) is 10. The maximum Gasteiger partial charge on any atom is 0.267 e. The first-order chi connectivity index (χ1) is 12.4. The summed E-state index contributed by atoms with van der Waals surface area (Å²) in [6.45, 7) is 12.4. The summed E-state index contributed by atoms with van der Waals surface area (Å²) in [7, 11) is -4.41. The minimum absolute atomic E-state index is 0.0291. The van der Waals surface area contributed by atoms with Gasteiger partial charge < -0.3 is 23.6 Å². The van der Waals surface area contributed by atoms with Crippen molar-refractivity contribution < 1.29 is 48.1 Å². The Morgan fingerprint density at radius 2 is 1.56 bits per heavy atom. The fraction of sp³-hybridized carbons (Fsp3) is 0.875. The van der Waals surface area contributed by atoms with Gasteiger partial charge in [0.1, 0.15) is 12.9 Å². The largest absolute Gasteiger partial charge is 0.756 e. The van der Waals surface area contributed by atoms with Crippen LogP contribution >= 0.6 is 7.82 Å². The van der Waals surface area contributed by atoms with Crippen LogP contribution in [-0.2, 0) is 43.2 Å². The molecule has 0 aromatic rings. The summed E-state index contributed by atoms with van der Waals surface area (Å²) >= 11 is 0. The molecule has 27 heavy (non-hydrogen) atoms. The standard InChI is InChI=1S/C16H33O10P/c1-15(2,3)8-11-20-24-26-25-21-12-13-23-27(17,18)22-10-7-9-19-14-16(4,5)6/h8,11H,7,9-10,12-14H2,1-6H3,(H,17,18)/p-1/b11-8+. The second-order valence-corrected chi connectivity index (χ2v) is 9.28. The van der Waals surface area contributed by atoms with Crippen LogP contribution in [0.3, 0.4) is 0 Å². The number of ether oxygens (including phenoxy) is 1. The van der Waals surface area contributed by atoms with E-state index in [0.29, 0.717) is 19.6 Å². The van der Waals surface area contributed by atoms with Crippen molar-refractivity contribution in [2.24, 2.45) is 10.8 Å². The highest BCUT2D eigenvalue weighted by molar-refractivity contribution is 7.45. The van der Waals surface area contributed by atoms with E-state index in [0.717, 1.165) is 0 Å². The van der Waals surface area contributed by atoms with Crippen LogP contribution in [0.4, 0.5) is 0 Å². The maximum absolute atomic E-state index is 11.5. The smallest absolute Gasteiger partial charge is 0.267 e. The summed E-state index contributed by atoms with van der Waals surface area (Å²) in [5, 5.41) is 12.3. The molecule has 0 rings (SSSR count). The van der Waals surface area contributed by atoms with Gasteiger partial charge in [-0.1, -0.05) is 41.5 Å². The zero-order valence-corrected chi connectivity index (χ0v) is 17.8. The van der Waals surface area contributed by atoms with E-state index in [-0.39, 0.29) is 30.7 Å². The third kappa shape index (κ3) is 21.6. The zero-order valence-electron chi connectivity index (χ0n) is 16.9. The fourth-order valence-corrected chi connectivity index (χ4v) is 2.00. The molecular formula is C16H32O10P-. The van der Waals surface area contributed by atoms with Crippen LogP contribution in [0.2, 0.25) is 0 Å². The Bertz CT molecular complexity index is 441. The number of phosphoric ester groups is 1. The molecule has 0 aromatic carbocycles. The van der Waals surface area contributed by atoms with Crippen molar-refractivity contribution >= 4 is 7.82 Å². The average Bonchev–Trinajstić information content (AvgIpc) is 2.50. The molecule has 0 bridgehead atoms. The predicted molar refractivity (Wildman–Crippen MR) is 93.3 cm³/mol. The van der Waals surface area contributed by atoms with Crippen LogP contribution in [0.5, 0.6) is 0 Å². The molecular weight excluding hydrogens is 383 g/mol. The van der Waals surface area contributed by atoms with Gasteiger partial charge in [0.25, 0.3) is 7.82 Å². The molecule has 0 amide bonds. The van der Waals surface area contributed by atoms with Gasteiger partial charge in [0.15, 0.2) is 0 Å². The van der Waals surface area contributed by atoms with Gasteiger partial charge in [-0.2, -0.15) is 0 Å². The summed E-state index contributed by atoms with van der Waals surface area (Å²) in [5.41, 5.74) is -0.0181. The van der Waals surface area contributed by atoms with Crippen LogP contribution in [0, 0.1) is 10.8 Å². The third-order valence-electron chi connectivity index (χ3n) is 2.40. The van der Waals surface area contributed by atoms with Crippen LogP contribution < -0.4 is 4.89 Å². The van der Waals surface area contributed by atoms with Crippen LogP contribution in [0.1, 0.15) is 48.0 Å². The van der Waals surface area contributed by atoms with Gasteiger partial charge in [-0.05, 0) is 28.4 Å². The van der Waals surface area contributed by atoms with Crippen LogP contribution in [0.15, 0.2) is 12.3 Å². The highest BCUT2D eigenvalue weighted by Gasteiger charge is 2.11. The molecule has 0 radical (unpaired) electrons. The van der Waals surface area contributed by atoms with Gasteiger partial charge in [-0.3, -0.25) is 4.57 Å². The first kappa shape index (κ1) is 26.4. The SMILES string of the molecule is CC(C)(C)/C=C/OOOOOCCOP(=O)([O-])OCCCOCC(C)(C)C. The van der Waals surface area contributed by atoms with E-state index < -0.39 is 7.82 Å². The Labute approximate surface area is 160 Å². The van der Waals surface area contributed by atoms with Crippen molar-refractivity contribution in [2.45, 2.75) is 48.0 Å². The molecule has 162 valence electrons. The second kappa shape index (κ2) is 13.6. The Hall–Kier alpha value is -0.550. The summed E-state index contributed by atoms with van der Waals surface area (Å²) < 4.78 is 26.1. The van der Waals surface area contributed by atoms with Gasteiger partial charge in [0.05, 0.1) is 19.8 Å². The van der Waals surface area contributed by atoms with E-state index in [2.05, 4.69) is 33.9 Å². The first-order valence-corrected chi connectivity index (χ1v) is 10.0. The number of rotatable bonds is 15. The number of hydrogen-bond donors (Lipinski definition) is 0.